The van der Waals surface area contributed by atoms with Crippen LogP contribution in [0.15, 0.2) is 71.1 Å². The first-order chi connectivity index (χ1) is 18.7. The first-order valence-electron chi connectivity index (χ1n) is 12.9. The number of amides is 2. The highest BCUT2D eigenvalue weighted by Crippen LogP contribution is 2.32. The van der Waals surface area contributed by atoms with Gasteiger partial charge in [-0.1, -0.05) is 35.9 Å². The van der Waals surface area contributed by atoms with Gasteiger partial charge in [0.15, 0.2) is 5.58 Å². The predicted octanol–water partition coefficient (Wildman–Crippen LogP) is 6.45. The summed E-state index contributed by atoms with van der Waals surface area (Å²) >= 11 is 5.96. The zero-order valence-corrected chi connectivity index (χ0v) is 23.0. The second-order valence-corrected chi connectivity index (χ2v) is 11.0. The second-order valence-electron chi connectivity index (χ2n) is 10.5. The maximum absolute atomic E-state index is 12.8. The van der Waals surface area contributed by atoms with Crippen molar-refractivity contribution in [2.75, 3.05) is 31.5 Å². The van der Waals surface area contributed by atoms with Crippen LogP contribution >= 0.6 is 11.6 Å². The van der Waals surface area contributed by atoms with Crippen molar-refractivity contribution in [3.05, 3.63) is 82.9 Å². The lowest BCUT2D eigenvalue weighted by Gasteiger charge is -2.35. The molecule has 1 N–H and O–H groups in total. The normalized spacial score (nSPS) is 14.4. The Bertz CT molecular complexity index is 1490. The molecule has 0 atom stereocenters. The molecule has 2 amide bonds. The Morgan fingerprint density at radius 3 is 2.41 bits per heavy atom. The molecule has 0 spiro atoms. The fourth-order valence-corrected chi connectivity index (χ4v) is 4.60. The van der Waals surface area contributed by atoms with Gasteiger partial charge in [0.2, 0.25) is 5.89 Å². The van der Waals surface area contributed by atoms with Crippen LogP contribution in [0.5, 0.6) is 0 Å². The predicted molar refractivity (Wildman–Crippen MR) is 152 cm³/mol. The molecule has 0 bridgehead atoms. The van der Waals surface area contributed by atoms with E-state index in [1.165, 1.54) is 0 Å². The molecule has 1 aliphatic rings. The van der Waals surface area contributed by atoms with Crippen LogP contribution in [-0.4, -0.2) is 58.6 Å². The van der Waals surface area contributed by atoms with E-state index in [0.717, 1.165) is 24.2 Å². The summed E-state index contributed by atoms with van der Waals surface area (Å²) in [5.41, 5.74) is 3.77. The minimum atomic E-state index is -0.508. The molecule has 39 heavy (non-hydrogen) atoms. The first kappa shape index (κ1) is 26.7. The summed E-state index contributed by atoms with van der Waals surface area (Å²) in [5, 5.41) is 3.53. The smallest absolute Gasteiger partial charge is 0.410 e. The highest BCUT2D eigenvalue weighted by Gasteiger charge is 2.26. The number of fused-ring (bicyclic) bond motifs is 1. The van der Waals surface area contributed by atoms with Gasteiger partial charge in [-0.3, -0.25) is 9.69 Å². The summed E-state index contributed by atoms with van der Waals surface area (Å²) in [7, 11) is 0. The number of anilines is 1. The average Bonchev–Trinajstić information content (AvgIpc) is 3.34. The monoisotopic (exact) mass is 546 g/mol. The van der Waals surface area contributed by atoms with Gasteiger partial charge in [-0.25, -0.2) is 9.78 Å². The third-order valence-corrected chi connectivity index (χ3v) is 6.68. The maximum Gasteiger partial charge on any atom is 0.410 e. The van der Waals surface area contributed by atoms with E-state index in [2.05, 4.69) is 10.2 Å². The Hall–Kier alpha value is -3.88. The summed E-state index contributed by atoms with van der Waals surface area (Å²) in [6, 6.07) is 20.1. The van der Waals surface area contributed by atoms with Crippen LogP contribution in [0.3, 0.4) is 0 Å². The number of aromatic nitrogens is 1. The standard InChI is InChI=1S/C30H31ClN4O4/c1-30(2,3)39-29(37)35-17-15-34(16-18-35)19-21-7-6-10-25-26(21)33-28(38-25)23-8-4-5-9-24(23)32-27(36)20-11-13-22(31)14-12-20/h4-14H,15-19H2,1-3H3,(H,32,36). The lowest BCUT2D eigenvalue weighted by atomic mass is 10.1. The molecule has 1 saturated heterocycles. The van der Waals surface area contributed by atoms with Crippen molar-refractivity contribution < 1.29 is 18.7 Å². The van der Waals surface area contributed by atoms with Crippen LogP contribution in [0.4, 0.5) is 10.5 Å². The van der Waals surface area contributed by atoms with Crippen LogP contribution < -0.4 is 5.32 Å². The number of piperazine rings is 1. The van der Waals surface area contributed by atoms with Crippen LogP contribution in [-0.2, 0) is 11.3 Å². The molecule has 2 heterocycles. The second kappa shape index (κ2) is 11.1. The molecule has 3 aromatic carbocycles. The zero-order valence-electron chi connectivity index (χ0n) is 22.2. The molecule has 0 saturated carbocycles. The molecule has 1 fully saturated rings. The molecule has 1 aliphatic heterocycles. The first-order valence-corrected chi connectivity index (χ1v) is 13.3. The van der Waals surface area contributed by atoms with Crippen LogP contribution in [0.25, 0.3) is 22.6 Å². The minimum absolute atomic E-state index is 0.249. The van der Waals surface area contributed by atoms with Crippen molar-refractivity contribution in [2.24, 2.45) is 0 Å². The molecule has 0 unspecified atom stereocenters. The molecular formula is C30H31ClN4O4. The van der Waals surface area contributed by atoms with Gasteiger partial charge >= 0.3 is 6.09 Å². The van der Waals surface area contributed by atoms with Gasteiger partial charge < -0.3 is 19.4 Å². The highest BCUT2D eigenvalue weighted by atomic mass is 35.5. The number of hydrogen-bond acceptors (Lipinski definition) is 6. The number of benzene rings is 3. The molecule has 5 rings (SSSR count). The fraction of sp³-hybridized carbons (Fsp3) is 0.300. The topological polar surface area (TPSA) is 87.9 Å². The molecular weight excluding hydrogens is 516 g/mol. The van der Waals surface area contributed by atoms with Crippen LogP contribution in [0.1, 0.15) is 36.7 Å². The van der Waals surface area contributed by atoms with E-state index in [0.29, 0.717) is 52.9 Å². The summed E-state index contributed by atoms with van der Waals surface area (Å²) in [6.07, 6.45) is -0.271. The number of carbonyl (C=O) groups is 2. The van der Waals surface area contributed by atoms with Crippen LogP contribution in [0, 0.1) is 0 Å². The zero-order chi connectivity index (χ0) is 27.6. The van der Waals surface area contributed by atoms with E-state index in [9.17, 15) is 9.59 Å². The summed E-state index contributed by atoms with van der Waals surface area (Å²) in [5.74, 6) is 0.181. The molecule has 202 valence electrons. The molecule has 0 aliphatic carbocycles. The highest BCUT2D eigenvalue weighted by molar-refractivity contribution is 6.30. The van der Waals surface area contributed by atoms with E-state index in [4.69, 9.17) is 25.7 Å². The lowest BCUT2D eigenvalue weighted by Crippen LogP contribution is -2.49. The summed E-state index contributed by atoms with van der Waals surface area (Å²) in [4.78, 5) is 34.1. The molecule has 9 heteroatoms. The minimum Gasteiger partial charge on any atom is -0.444 e. The Morgan fingerprint density at radius 2 is 1.69 bits per heavy atom. The summed E-state index contributed by atoms with van der Waals surface area (Å²) in [6.45, 7) is 8.99. The van der Waals surface area contributed by atoms with Gasteiger partial charge in [0.1, 0.15) is 11.1 Å². The van der Waals surface area contributed by atoms with Crippen molar-refractivity contribution in [3.8, 4) is 11.5 Å². The van der Waals surface area contributed by atoms with Crippen molar-refractivity contribution >= 4 is 40.4 Å². The number of para-hydroxylation sites is 2. The van der Waals surface area contributed by atoms with E-state index in [-0.39, 0.29) is 12.0 Å². The van der Waals surface area contributed by atoms with Gasteiger partial charge in [0.05, 0.1) is 11.3 Å². The number of hydrogen-bond donors (Lipinski definition) is 1. The molecule has 1 aromatic heterocycles. The quantitative estimate of drug-likeness (QED) is 0.309. The van der Waals surface area contributed by atoms with E-state index < -0.39 is 5.60 Å². The van der Waals surface area contributed by atoms with E-state index in [1.807, 2.05) is 63.2 Å². The lowest BCUT2D eigenvalue weighted by molar-refractivity contribution is 0.0139. The third-order valence-electron chi connectivity index (χ3n) is 6.43. The van der Waals surface area contributed by atoms with Crippen LogP contribution in [0.2, 0.25) is 5.02 Å². The Morgan fingerprint density at radius 1 is 0.974 bits per heavy atom. The Balaban J connectivity index is 1.31. The van der Waals surface area contributed by atoms with E-state index >= 15 is 0 Å². The fourth-order valence-electron chi connectivity index (χ4n) is 4.48. The number of halogens is 1. The Labute approximate surface area is 232 Å². The van der Waals surface area contributed by atoms with Crippen molar-refractivity contribution in [2.45, 2.75) is 32.9 Å². The maximum atomic E-state index is 12.8. The SMILES string of the molecule is CC(C)(C)OC(=O)N1CCN(Cc2cccc3oc(-c4ccccc4NC(=O)c4ccc(Cl)cc4)nc23)CC1. The van der Waals surface area contributed by atoms with Crippen molar-refractivity contribution in [1.82, 2.24) is 14.8 Å². The Kier molecular flexibility index (Phi) is 7.59. The number of carbonyl (C=O) groups excluding carboxylic acids is 2. The molecule has 4 aromatic rings. The summed E-state index contributed by atoms with van der Waals surface area (Å²) < 4.78 is 11.7. The van der Waals surface area contributed by atoms with Gasteiger partial charge in [0.25, 0.3) is 5.91 Å². The van der Waals surface area contributed by atoms with Gasteiger partial charge in [-0.15, -0.1) is 0 Å². The van der Waals surface area contributed by atoms with Gasteiger partial charge in [-0.2, -0.15) is 0 Å². The number of nitrogens with zero attached hydrogens (tertiary/aromatic N) is 3. The average molecular weight is 547 g/mol. The number of ether oxygens (including phenoxy) is 1. The molecule has 8 nitrogen and oxygen atoms in total. The van der Waals surface area contributed by atoms with Gasteiger partial charge in [-0.05, 0) is 68.8 Å². The number of rotatable bonds is 5. The van der Waals surface area contributed by atoms with Crippen molar-refractivity contribution in [3.63, 3.8) is 0 Å². The largest absolute Gasteiger partial charge is 0.444 e. The third kappa shape index (κ3) is 6.41. The van der Waals surface area contributed by atoms with E-state index in [1.54, 1.807) is 29.2 Å². The number of oxazole rings is 1. The molecule has 0 radical (unpaired) electrons. The van der Waals surface area contributed by atoms with Gasteiger partial charge in [0, 0.05) is 43.3 Å². The van der Waals surface area contributed by atoms with Crippen molar-refractivity contribution in [1.29, 1.82) is 0 Å². The number of nitrogens with one attached hydrogen (secondary N) is 1.